The van der Waals surface area contributed by atoms with Gasteiger partial charge in [0.05, 0.1) is 17.6 Å². The highest BCUT2D eigenvalue weighted by Gasteiger charge is 2.21. The second-order valence-corrected chi connectivity index (χ2v) is 8.11. The minimum Gasteiger partial charge on any atom is -0.308 e. The van der Waals surface area contributed by atoms with Gasteiger partial charge in [-0.15, -0.1) is 0 Å². The number of pyridine rings is 1. The van der Waals surface area contributed by atoms with Gasteiger partial charge in [-0.25, -0.2) is 22.8 Å². The van der Waals surface area contributed by atoms with Crippen LogP contribution in [0.5, 0.6) is 0 Å². The fraction of sp³-hybridized carbons (Fsp3) is 0.273. The number of nitrogens with one attached hydrogen (secondary N) is 1. The summed E-state index contributed by atoms with van der Waals surface area (Å²) in [5.74, 6) is -0.562. The number of fused-ring (bicyclic) bond motifs is 1. The van der Waals surface area contributed by atoms with E-state index in [-0.39, 0.29) is 28.2 Å². The number of alkyl halides is 2. The van der Waals surface area contributed by atoms with Crippen molar-refractivity contribution in [3.05, 3.63) is 69.4 Å². The van der Waals surface area contributed by atoms with Crippen molar-refractivity contribution in [2.75, 3.05) is 5.32 Å². The minimum atomic E-state index is -2.68. The Morgan fingerprint density at radius 1 is 1.12 bits per heavy atom. The van der Waals surface area contributed by atoms with Crippen molar-refractivity contribution in [1.82, 2.24) is 24.5 Å². The lowest BCUT2D eigenvalue weighted by Crippen LogP contribution is -2.20. The predicted molar refractivity (Wildman–Crippen MR) is 118 cm³/mol. The average molecular weight is 477 g/mol. The normalized spacial score (nSPS) is 11.5. The van der Waals surface area contributed by atoms with Crippen LogP contribution in [0.25, 0.3) is 11.0 Å². The molecule has 0 fully saturated rings. The first kappa shape index (κ1) is 22.8. The van der Waals surface area contributed by atoms with Crippen molar-refractivity contribution in [2.45, 2.75) is 40.3 Å². The van der Waals surface area contributed by atoms with Crippen LogP contribution in [0, 0.1) is 26.6 Å². The summed E-state index contributed by atoms with van der Waals surface area (Å²) in [4.78, 5) is 17.0. The molecule has 0 saturated carbocycles. The van der Waals surface area contributed by atoms with E-state index in [0.717, 1.165) is 5.69 Å². The molecule has 0 saturated heterocycles. The monoisotopic (exact) mass is 476 g/mol. The number of nitrogens with zero attached hydrogens (tertiary/aromatic N) is 5. The molecule has 172 valence electrons. The number of rotatable bonds is 6. The Kier molecular flexibility index (Phi) is 6.11. The van der Waals surface area contributed by atoms with E-state index >= 15 is 0 Å². The third-order valence-corrected chi connectivity index (χ3v) is 5.50. The van der Waals surface area contributed by atoms with Crippen molar-refractivity contribution in [3.63, 3.8) is 0 Å². The van der Waals surface area contributed by atoms with Gasteiger partial charge >= 0.3 is 0 Å². The summed E-state index contributed by atoms with van der Waals surface area (Å²) in [5, 5.41) is 11.8. The second kappa shape index (κ2) is 8.86. The van der Waals surface area contributed by atoms with E-state index in [1.54, 1.807) is 30.7 Å². The molecule has 3 heterocycles. The fourth-order valence-corrected chi connectivity index (χ4v) is 3.89. The van der Waals surface area contributed by atoms with Gasteiger partial charge in [-0.1, -0.05) is 17.7 Å². The Bertz CT molecular complexity index is 1360. The number of carbonyl (C=O) groups excluding carboxylic acids is 1. The van der Waals surface area contributed by atoms with Gasteiger partial charge in [0.1, 0.15) is 12.4 Å². The Balaban J connectivity index is 1.53. The molecule has 0 bridgehead atoms. The van der Waals surface area contributed by atoms with E-state index in [9.17, 15) is 18.0 Å². The Labute approximate surface area is 192 Å². The zero-order valence-corrected chi connectivity index (χ0v) is 18.8. The fourth-order valence-electron chi connectivity index (χ4n) is 3.66. The summed E-state index contributed by atoms with van der Waals surface area (Å²) < 4.78 is 43.2. The third-order valence-electron chi connectivity index (χ3n) is 5.15. The number of carbonyl (C=O) groups is 1. The van der Waals surface area contributed by atoms with Gasteiger partial charge in [-0.3, -0.25) is 9.48 Å². The van der Waals surface area contributed by atoms with Crippen LogP contribution in [-0.4, -0.2) is 30.5 Å². The quantitative estimate of drug-likeness (QED) is 0.426. The van der Waals surface area contributed by atoms with Crippen molar-refractivity contribution in [2.24, 2.45) is 0 Å². The highest BCUT2D eigenvalue weighted by Crippen LogP contribution is 2.30. The van der Waals surface area contributed by atoms with Gasteiger partial charge < -0.3 is 5.32 Å². The molecule has 0 aliphatic carbocycles. The van der Waals surface area contributed by atoms with Gasteiger partial charge in [0.15, 0.2) is 11.5 Å². The molecule has 0 atom stereocenters. The summed E-state index contributed by atoms with van der Waals surface area (Å²) >= 11 is 6.09. The van der Waals surface area contributed by atoms with Gasteiger partial charge in [0.2, 0.25) is 5.91 Å². The maximum absolute atomic E-state index is 13.5. The zero-order chi connectivity index (χ0) is 23.9. The minimum absolute atomic E-state index is 0.157. The van der Waals surface area contributed by atoms with E-state index in [1.807, 2.05) is 6.92 Å². The van der Waals surface area contributed by atoms with Crippen LogP contribution in [0.3, 0.4) is 0 Å². The molecule has 4 rings (SSSR count). The number of aryl methyl sites for hydroxylation is 3. The molecule has 0 spiro atoms. The average Bonchev–Trinajstić information content (AvgIpc) is 3.22. The highest BCUT2D eigenvalue weighted by atomic mass is 35.5. The van der Waals surface area contributed by atoms with Crippen molar-refractivity contribution < 1.29 is 18.0 Å². The topological polar surface area (TPSA) is 77.6 Å². The zero-order valence-electron chi connectivity index (χ0n) is 18.0. The highest BCUT2D eigenvalue weighted by molar-refractivity contribution is 6.31. The molecule has 33 heavy (non-hydrogen) atoms. The molecular formula is C22H20ClF3N6O. The summed E-state index contributed by atoms with van der Waals surface area (Å²) in [6, 6.07) is 7.12. The van der Waals surface area contributed by atoms with Gasteiger partial charge in [0, 0.05) is 28.0 Å². The van der Waals surface area contributed by atoms with Gasteiger partial charge in [-0.2, -0.15) is 10.2 Å². The number of aromatic nitrogens is 5. The third kappa shape index (κ3) is 4.70. The van der Waals surface area contributed by atoms with Crippen LogP contribution in [0.4, 0.5) is 19.0 Å². The van der Waals surface area contributed by atoms with Crippen molar-refractivity contribution >= 4 is 34.4 Å². The molecule has 1 N–H and O–H groups in total. The lowest BCUT2D eigenvalue weighted by atomic mass is 10.1. The molecule has 0 aliphatic heterocycles. The van der Waals surface area contributed by atoms with E-state index in [0.29, 0.717) is 29.3 Å². The lowest BCUT2D eigenvalue weighted by Gasteiger charge is -2.07. The maximum atomic E-state index is 13.5. The maximum Gasteiger partial charge on any atom is 0.264 e. The molecule has 0 unspecified atom stereocenters. The molecule has 4 aromatic rings. The van der Waals surface area contributed by atoms with Gasteiger partial charge in [0.25, 0.3) is 6.43 Å². The van der Waals surface area contributed by atoms with Crippen molar-refractivity contribution in [1.29, 1.82) is 0 Å². The summed E-state index contributed by atoms with van der Waals surface area (Å²) in [6.45, 7) is 5.09. The summed E-state index contributed by atoms with van der Waals surface area (Å²) in [7, 11) is 0. The number of benzene rings is 1. The molecule has 0 aliphatic rings. The summed E-state index contributed by atoms with van der Waals surface area (Å²) in [6.07, 6.45) is -2.68. The molecule has 1 aromatic carbocycles. The van der Waals surface area contributed by atoms with Crippen LogP contribution >= 0.6 is 11.6 Å². The SMILES string of the molecule is Cc1cc(C(F)F)c2c(C)nn(CC(=O)Nc3cc(C)n(Cc4ccc(F)cc4Cl)n3)c2n1. The van der Waals surface area contributed by atoms with Crippen molar-refractivity contribution in [3.8, 4) is 0 Å². The Morgan fingerprint density at radius 3 is 2.58 bits per heavy atom. The van der Waals surface area contributed by atoms with Crippen LogP contribution < -0.4 is 5.32 Å². The smallest absolute Gasteiger partial charge is 0.264 e. The first-order chi connectivity index (χ1) is 15.6. The standard InChI is InChI=1S/C22H20ClF3N6O/c1-11-6-16(21(25)26)20-13(3)29-32(22(20)27-11)10-19(33)28-18-7-12(2)31(30-18)9-14-4-5-15(24)8-17(14)23/h4-8,21H,9-10H2,1-3H3,(H,28,30,33). The number of amides is 1. The molecule has 7 nitrogen and oxygen atoms in total. The van der Waals surface area contributed by atoms with E-state index in [2.05, 4.69) is 20.5 Å². The molecule has 11 heteroatoms. The number of halogens is 4. The first-order valence-corrected chi connectivity index (χ1v) is 10.4. The second-order valence-electron chi connectivity index (χ2n) is 7.71. The lowest BCUT2D eigenvalue weighted by molar-refractivity contribution is -0.116. The Hall–Kier alpha value is -3.40. The van der Waals surface area contributed by atoms with E-state index in [4.69, 9.17) is 11.6 Å². The number of anilines is 1. The van der Waals surface area contributed by atoms with Crippen LogP contribution in [0.2, 0.25) is 5.02 Å². The molecular weight excluding hydrogens is 457 g/mol. The van der Waals surface area contributed by atoms with Gasteiger partial charge in [-0.05, 0) is 44.5 Å². The molecule has 0 radical (unpaired) electrons. The largest absolute Gasteiger partial charge is 0.308 e. The number of hydrogen-bond acceptors (Lipinski definition) is 4. The van der Waals surface area contributed by atoms with E-state index < -0.39 is 18.1 Å². The number of hydrogen-bond donors (Lipinski definition) is 1. The first-order valence-electron chi connectivity index (χ1n) is 10.0. The van der Waals surface area contributed by atoms with Crippen LogP contribution in [0.15, 0.2) is 30.3 Å². The molecule has 1 amide bonds. The Morgan fingerprint density at radius 2 is 1.88 bits per heavy atom. The predicted octanol–water partition coefficient (Wildman–Crippen LogP) is 4.97. The summed E-state index contributed by atoms with van der Waals surface area (Å²) in [5.41, 5.74) is 2.29. The molecule has 3 aromatic heterocycles. The van der Waals surface area contributed by atoms with Crippen LogP contribution in [0.1, 0.15) is 34.6 Å². The van der Waals surface area contributed by atoms with E-state index in [1.165, 1.54) is 22.9 Å². The van der Waals surface area contributed by atoms with Crippen LogP contribution in [-0.2, 0) is 17.9 Å².